The lowest BCUT2D eigenvalue weighted by molar-refractivity contribution is -0.151. The lowest BCUT2D eigenvalue weighted by atomic mass is 9.80. The average molecular weight is 373 g/mol. The van der Waals surface area contributed by atoms with Crippen LogP contribution in [0.3, 0.4) is 0 Å². The smallest absolute Gasteiger partial charge is 0.318 e. The molecule has 0 fully saturated rings. The third kappa shape index (κ3) is 4.71. The van der Waals surface area contributed by atoms with E-state index in [0.29, 0.717) is 17.7 Å². The van der Waals surface area contributed by atoms with Crippen molar-refractivity contribution in [3.05, 3.63) is 102 Å². The number of ether oxygens (including phenoxy) is 1. The summed E-state index contributed by atoms with van der Waals surface area (Å²) in [6.07, 6.45) is 2.21. The molecule has 0 N–H and O–H groups in total. The summed E-state index contributed by atoms with van der Waals surface area (Å²) in [5, 5.41) is 0. The summed E-state index contributed by atoms with van der Waals surface area (Å²) in [6.45, 7) is 1.98. The summed E-state index contributed by atoms with van der Waals surface area (Å²) >= 11 is 0. The Morgan fingerprint density at radius 1 is 0.893 bits per heavy atom. The van der Waals surface area contributed by atoms with Gasteiger partial charge in [-0.2, -0.15) is 0 Å². The number of aromatic nitrogens is 1. The highest BCUT2D eigenvalue weighted by molar-refractivity contribution is 5.96. The number of carbonyl (C=O) groups excluding carboxylic acids is 2. The molecule has 1 aromatic heterocycles. The fourth-order valence-electron chi connectivity index (χ4n) is 3.04. The molecule has 0 aliphatic carbocycles. The standard InChI is InChI=1S/C24H23NO3/c1-24(22-14-8-9-17-25-22,16-15-21(26)20-12-6-3-7-13-20)23(27)28-18-19-10-4-2-5-11-19/h2-14,17H,15-16,18H2,1H3. The van der Waals surface area contributed by atoms with Gasteiger partial charge in [0, 0.05) is 18.2 Å². The highest BCUT2D eigenvalue weighted by Crippen LogP contribution is 2.30. The minimum atomic E-state index is -1.000. The number of Topliss-reactive ketones (excluding diaryl/α,β-unsaturated/α-hetero) is 1. The number of carbonyl (C=O) groups is 2. The molecule has 0 spiro atoms. The molecule has 1 unspecified atom stereocenters. The third-order valence-corrected chi connectivity index (χ3v) is 4.84. The number of hydrogen-bond donors (Lipinski definition) is 0. The van der Waals surface area contributed by atoms with E-state index in [1.54, 1.807) is 37.4 Å². The molecule has 28 heavy (non-hydrogen) atoms. The first-order valence-corrected chi connectivity index (χ1v) is 9.30. The van der Waals surface area contributed by atoms with Crippen LogP contribution in [0.4, 0.5) is 0 Å². The second-order valence-corrected chi connectivity index (χ2v) is 6.90. The zero-order valence-electron chi connectivity index (χ0n) is 15.9. The molecule has 4 heteroatoms. The van der Waals surface area contributed by atoms with Crippen LogP contribution < -0.4 is 0 Å². The van der Waals surface area contributed by atoms with E-state index in [2.05, 4.69) is 4.98 Å². The largest absolute Gasteiger partial charge is 0.460 e. The number of hydrogen-bond acceptors (Lipinski definition) is 4. The molecule has 1 heterocycles. The summed E-state index contributed by atoms with van der Waals surface area (Å²) in [4.78, 5) is 29.9. The van der Waals surface area contributed by atoms with E-state index in [-0.39, 0.29) is 24.8 Å². The van der Waals surface area contributed by atoms with Gasteiger partial charge in [-0.15, -0.1) is 0 Å². The molecule has 2 aromatic carbocycles. The van der Waals surface area contributed by atoms with Gasteiger partial charge in [0.05, 0.1) is 5.69 Å². The summed E-state index contributed by atoms with van der Waals surface area (Å²) < 4.78 is 5.60. The summed E-state index contributed by atoms with van der Waals surface area (Å²) in [5.74, 6) is -0.380. The van der Waals surface area contributed by atoms with E-state index >= 15 is 0 Å². The van der Waals surface area contributed by atoms with Gasteiger partial charge < -0.3 is 4.74 Å². The maximum Gasteiger partial charge on any atom is 0.318 e. The van der Waals surface area contributed by atoms with Crippen molar-refractivity contribution in [1.82, 2.24) is 4.98 Å². The van der Waals surface area contributed by atoms with E-state index in [9.17, 15) is 9.59 Å². The normalized spacial score (nSPS) is 12.8. The van der Waals surface area contributed by atoms with Crippen LogP contribution in [0, 0.1) is 0 Å². The molecule has 0 saturated carbocycles. The summed E-state index contributed by atoms with van der Waals surface area (Å²) in [5.41, 5.74) is 1.16. The van der Waals surface area contributed by atoms with Gasteiger partial charge >= 0.3 is 5.97 Å². The second kappa shape index (κ2) is 9.09. The van der Waals surface area contributed by atoms with Crippen molar-refractivity contribution in [2.75, 3.05) is 0 Å². The van der Waals surface area contributed by atoms with Gasteiger partial charge in [0.25, 0.3) is 0 Å². The Labute approximate surface area is 165 Å². The number of nitrogens with zero attached hydrogens (tertiary/aromatic N) is 1. The second-order valence-electron chi connectivity index (χ2n) is 6.90. The molecule has 3 aromatic rings. The fraction of sp³-hybridized carbons (Fsp3) is 0.208. The van der Waals surface area contributed by atoms with Crippen LogP contribution in [0.25, 0.3) is 0 Å². The zero-order valence-corrected chi connectivity index (χ0v) is 15.9. The first-order valence-electron chi connectivity index (χ1n) is 9.30. The lowest BCUT2D eigenvalue weighted by Crippen LogP contribution is -2.36. The van der Waals surface area contributed by atoms with E-state index in [4.69, 9.17) is 4.74 Å². The molecular weight excluding hydrogens is 350 g/mol. The van der Waals surface area contributed by atoms with Crippen LogP contribution in [0.15, 0.2) is 85.1 Å². The quantitative estimate of drug-likeness (QED) is 0.422. The minimum absolute atomic E-state index is 0.00128. The van der Waals surface area contributed by atoms with Crippen LogP contribution in [0.2, 0.25) is 0 Å². The van der Waals surface area contributed by atoms with Gasteiger partial charge in [-0.3, -0.25) is 14.6 Å². The number of pyridine rings is 1. The number of ketones is 1. The van der Waals surface area contributed by atoms with Gasteiger partial charge in [0.2, 0.25) is 0 Å². The van der Waals surface area contributed by atoms with E-state index in [1.165, 1.54) is 0 Å². The van der Waals surface area contributed by atoms with E-state index in [1.807, 2.05) is 54.6 Å². The Balaban J connectivity index is 1.75. The number of esters is 1. The van der Waals surface area contributed by atoms with E-state index < -0.39 is 5.41 Å². The molecule has 0 aliphatic heterocycles. The molecular formula is C24H23NO3. The maximum atomic E-state index is 13.0. The first-order chi connectivity index (χ1) is 13.6. The van der Waals surface area contributed by atoms with Crippen molar-refractivity contribution < 1.29 is 14.3 Å². The Hall–Kier alpha value is -3.27. The van der Waals surface area contributed by atoms with Gasteiger partial charge in [0.15, 0.2) is 5.78 Å². The van der Waals surface area contributed by atoms with Gasteiger partial charge in [0.1, 0.15) is 12.0 Å². The molecule has 4 nitrogen and oxygen atoms in total. The molecule has 3 rings (SSSR count). The van der Waals surface area contributed by atoms with Crippen LogP contribution in [0.1, 0.15) is 41.4 Å². The van der Waals surface area contributed by atoms with E-state index in [0.717, 1.165) is 5.56 Å². The molecule has 0 aliphatic rings. The van der Waals surface area contributed by atoms with Gasteiger partial charge in [-0.05, 0) is 31.0 Å². The van der Waals surface area contributed by atoms with Crippen LogP contribution >= 0.6 is 0 Å². The van der Waals surface area contributed by atoms with Crippen LogP contribution in [-0.2, 0) is 21.6 Å². The Morgan fingerprint density at radius 3 is 2.18 bits per heavy atom. The highest BCUT2D eigenvalue weighted by Gasteiger charge is 2.38. The maximum absolute atomic E-state index is 13.0. The predicted molar refractivity (Wildman–Crippen MR) is 108 cm³/mol. The zero-order chi connectivity index (χ0) is 19.8. The van der Waals surface area contributed by atoms with Gasteiger partial charge in [-0.25, -0.2) is 0 Å². The lowest BCUT2D eigenvalue weighted by Gasteiger charge is -2.26. The number of benzene rings is 2. The monoisotopic (exact) mass is 373 g/mol. The number of rotatable bonds is 8. The molecule has 142 valence electrons. The highest BCUT2D eigenvalue weighted by atomic mass is 16.5. The Kier molecular flexibility index (Phi) is 6.33. The van der Waals surface area contributed by atoms with Gasteiger partial charge in [-0.1, -0.05) is 66.7 Å². The molecule has 0 radical (unpaired) electrons. The molecule has 0 bridgehead atoms. The van der Waals surface area contributed by atoms with Crippen molar-refractivity contribution in [2.45, 2.75) is 31.8 Å². The SMILES string of the molecule is CC(CCC(=O)c1ccccc1)(C(=O)OCc1ccccc1)c1ccccn1. The third-order valence-electron chi connectivity index (χ3n) is 4.84. The minimum Gasteiger partial charge on any atom is -0.460 e. The Morgan fingerprint density at radius 2 is 1.54 bits per heavy atom. The van der Waals surface area contributed by atoms with Crippen LogP contribution in [0.5, 0.6) is 0 Å². The average Bonchev–Trinajstić information content (AvgIpc) is 2.77. The van der Waals surface area contributed by atoms with Crippen molar-refractivity contribution in [3.8, 4) is 0 Å². The Bertz CT molecular complexity index is 910. The predicted octanol–water partition coefficient (Wildman–Crippen LogP) is 4.75. The summed E-state index contributed by atoms with van der Waals surface area (Å²) in [6, 6.07) is 24.1. The van der Waals surface area contributed by atoms with Crippen molar-refractivity contribution in [3.63, 3.8) is 0 Å². The van der Waals surface area contributed by atoms with Crippen LogP contribution in [-0.4, -0.2) is 16.7 Å². The topological polar surface area (TPSA) is 56.3 Å². The molecule has 1 atom stereocenters. The van der Waals surface area contributed by atoms with Crippen molar-refractivity contribution in [2.24, 2.45) is 0 Å². The fourth-order valence-corrected chi connectivity index (χ4v) is 3.04. The summed E-state index contributed by atoms with van der Waals surface area (Å²) in [7, 11) is 0. The van der Waals surface area contributed by atoms with Crippen molar-refractivity contribution >= 4 is 11.8 Å². The van der Waals surface area contributed by atoms with Crippen molar-refractivity contribution in [1.29, 1.82) is 0 Å². The molecule has 0 saturated heterocycles. The first kappa shape index (κ1) is 19.5. The molecule has 0 amide bonds.